The molecule has 20 heavy (non-hydrogen) atoms. The summed E-state index contributed by atoms with van der Waals surface area (Å²) in [6.45, 7) is 2.16. The van der Waals surface area contributed by atoms with Crippen LogP contribution in [0.2, 0.25) is 0 Å². The highest BCUT2D eigenvalue weighted by Gasteiger charge is 2.07. The van der Waals surface area contributed by atoms with Gasteiger partial charge in [-0.2, -0.15) is 0 Å². The highest BCUT2D eigenvalue weighted by atomic mass is 16.5. The summed E-state index contributed by atoms with van der Waals surface area (Å²) < 4.78 is 10.8. The molecule has 0 fully saturated rings. The average Bonchev–Trinajstić information content (AvgIpc) is 2.45. The topological polar surface area (TPSA) is 55.8 Å². The molecule has 4 nitrogen and oxygen atoms in total. The summed E-state index contributed by atoms with van der Waals surface area (Å²) in [5.74, 6) is 0.501. The molecule has 0 heterocycles. The molecule has 2 rings (SSSR count). The van der Waals surface area contributed by atoms with Gasteiger partial charge in [0.05, 0.1) is 12.7 Å². The largest absolute Gasteiger partial charge is 0.497 e. The number of ether oxygens (including phenoxy) is 2. The van der Waals surface area contributed by atoms with Crippen LogP contribution in [0.4, 0.5) is 0 Å². The first-order chi connectivity index (χ1) is 9.60. The van der Waals surface area contributed by atoms with Crippen LogP contribution in [0.1, 0.15) is 21.5 Å². The molecule has 1 N–H and O–H groups in total. The quantitative estimate of drug-likeness (QED) is 0.907. The fraction of sp³-hybridized carbons (Fsp3) is 0.188. The van der Waals surface area contributed by atoms with Crippen LogP contribution in [-0.4, -0.2) is 18.2 Å². The lowest BCUT2D eigenvalue weighted by Crippen LogP contribution is -2.01. The second kappa shape index (κ2) is 6.10. The molecule has 0 aromatic heterocycles. The maximum Gasteiger partial charge on any atom is 0.335 e. The zero-order chi connectivity index (χ0) is 14.5. The lowest BCUT2D eigenvalue weighted by Gasteiger charge is -2.09. The van der Waals surface area contributed by atoms with Crippen LogP contribution in [0.3, 0.4) is 0 Å². The van der Waals surface area contributed by atoms with Crippen molar-refractivity contribution in [3.63, 3.8) is 0 Å². The molecule has 0 radical (unpaired) electrons. The van der Waals surface area contributed by atoms with E-state index in [-0.39, 0.29) is 0 Å². The molecular weight excluding hydrogens is 256 g/mol. The van der Waals surface area contributed by atoms with Gasteiger partial charge in [-0.05, 0) is 48.4 Å². The fourth-order valence-corrected chi connectivity index (χ4v) is 1.89. The Morgan fingerprint density at radius 3 is 2.60 bits per heavy atom. The van der Waals surface area contributed by atoms with Gasteiger partial charge in [-0.3, -0.25) is 0 Å². The number of methoxy groups -OCH3 is 1. The smallest absolute Gasteiger partial charge is 0.335 e. The maximum atomic E-state index is 10.9. The number of carbonyl (C=O) groups is 1. The van der Waals surface area contributed by atoms with Gasteiger partial charge in [0.15, 0.2) is 0 Å². The molecule has 2 aromatic rings. The second-order valence-corrected chi connectivity index (χ2v) is 4.42. The van der Waals surface area contributed by atoms with E-state index in [0.717, 1.165) is 11.3 Å². The maximum absolute atomic E-state index is 10.9. The van der Waals surface area contributed by atoms with Crippen LogP contribution in [0.15, 0.2) is 42.5 Å². The van der Waals surface area contributed by atoms with Crippen LogP contribution >= 0.6 is 0 Å². The number of benzene rings is 2. The van der Waals surface area contributed by atoms with Crippen molar-refractivity contribution in [2.24, 2.45) is 0 Å². The zero-order valence-electron chi connectivity index (χ0n) is 11.4. The molecule has 0 aliphatic rings. The van der Waals surface area contributed by atoms with E-state index in [4.69, 9.17) is 14.6 Å². The monoisotopic (exact) mass is 272 g/mol. The predicted octanol–water partition coefficient (Wildman–Crippen LogP) is 3.28. The van der Waals surface area contributed by atoms with E-state index in [1.165, 1.54) is 0 Å². The van der Waals surface area contributed by atoms with Crippen LogP contribution < -0.4 is 9.47 Å². The van der Waals surface area contributed by atoms with Crippen LogP contribution in [0.25, 0.3) is 0 Å². The second-order valence-electron chi connectivity index (χ2n) is 4.42. The molecule has 2 aromatic carbocycles. The first-order valence-electron chi connectivity index (χ1n) is 6.20. The minimum absolute atomic E-state index is 0.290. The Morgan fingerprint density at radius 1 is 1.15 bits per heavy atom. The minimum Gasteiger partial charge on any atom is -0.497 e. The van der Waals surface area contributed by atoms with Gasteiger partial charge < -0.3 is 14.6 Å². The molecule has 4 heteroatoms. The van der Waals surface area contributed by atoms with Crippen molar-refractivity contribution in [3.8, 4) is 11.5 Å². The van der Waals surface area contributed by atoms with E-state index in [2.05, 4.69) is 0 Å². The van der Waals surface area contributed by atoms with Gasteiger partial charge in [0.25, 0.3) is 0 Å². The molecule has 104 valence electrons. The summed E-state index contributed by atoms with van der Waals surface area (Å²) in [6.07, 6.45) is 0. The van der Waals surface area contributed by atoms with Gasteiger partial charge in [0.1, 0.15) is 18.1 Å². The standard InChI is InChI=1S/C16H16O4/c1-11-8-14(6-7-15(11)16(17)18)20-10-12-4-3-5-13(9-12)19-2/h3-9H,10H2,1-2H3,(H,17,18). The molecule has 0 aliphatic heterocycles. The van der Waals surface area contributed by atoms with Gasteiger partial charge in [-0.1, -0.05) is 12.1 Å². The van der Waals surface area contributed by atoms with Crippen LogP contribution in [0, 0.1) is 6.92 Å². The molecule has 0 amide bonds. The van der Waals surface area contributed by atoms with Crippen molar-refractivity contribution in [2.45, 2.75) is 13.5 Å². The summed E-state index contributed by atoms with van der Waals surface area (Å²) in [5.41, 5.74) is 1.96. The SMILES string of the molecule is COc1cccc(COc2ccc(C(=O)O)c(C)c2)c1. The Bertz CT molecular complexity index is 620. The lowest BCUT2D eigenvalue weighted by atomic mass is 10.1. The van der Waals surface area contributed by atoms with Gasteiger partial charge in [-0.15, -0.1) is 0 Å². The number of aromatic carboxylic acids is 1. The number of carboxylic acids is 1. The molecule has 0 aliphatic carbocycles. The Morgan fingerprint density at radius 2 is 1.95 bits per heavy atom. The molecular formula is C16H16O4. The fourth-order valence-electron chi connectivity index (χ4n) is 1.89. The van der Waals surface area contributed by atoms with Crippen molar-refractivity contribution < 1.29 is 19.4 Å². The highest BCUT2D eigenvalue weighted by Crippen LogP contribution is 2.19. The molecule has 0 saturated carbocycles. The molecule has 0 spiro atoms. The highest BCUT2D eigenvalue weighted by molar-refractivity contribution is 5.89. The number of hydrogen-bond acceptors (Lipinski definition) is 3. The number of aryl methyl sites for hydroxylation is 1. The minimum atomic E-state index is -0.929. The first-order valence-corrected chi connectivity index (χ1v) is 6.20. The third-order valence-corrected chi connectivity index (χ3v) is 2.97. The number of hydrogen-bond donors (Lipinski definition) is 1. The zero-order valence-corrected chi connectivity index (χ0v) is 11.4. The van der Waals surface area contributed by atoms with E-state index in [0.29, 0.717) is 23.5 Å². The predicted molar refractivity (Wildman–Crippen MR) is 75.5 cm³/mol. The van der Waals surface area contributed by atoms with Crippen molar-refractivity contribution in [1.82, 2.24) is 0 Å². The summed E-state index contributed by atoms with van der Waals surface area (Å²) in [4.78, 5) is 10.9. The lowest BCUT2D eigenvalue weighted by molar-refractivity contribution is 0.0696. The molecule has 0 saturated heterocycles. The number of carboxylic acid groups (broad SMARTS) is 1. The third-order valence-electron chi connectivity index (χ3n) is 2.97. The van der Waals surface area contributed by atoms with Crippen molar-refractivity contribution in [3.05, 3.63) is 59.2 Å². The summed E-state index contributed by atoms with van der Waals surface area (Å²) in [6, 6.07) is 12.6. The van der Waals surface area contributed by atoms with Gasteiger partial charge in [0.2, 0.25) is 0 Å². The van der Waals surface area contributed by atoms with Gasteiger partial charge in [0, 0.05) is 0 Å². The molecule has 0 unspecified atom stereocenters. The summed E-state index contributed by atoms with van der Waals surface area (Å²) in [7, 11) is 1.62. The average molecular weight is 272 g/mol. The van der Waals surface area contributed by atoms with E-state index in [1.54, 1.807) is 32.2 Å². The summed E-state index contributed by atoms with van der Waals surface area (Å²) in [5, 5.41) is 8.97. The van der Waals surface area contributed by atoms with Crippen molar-refractivity contribution in [2.75, 3.05) is 7.11 Å². The van der Waals surface area contributed by atoms with E-state index in [9.17, 15) is 4.79 Å². The molecule has 0 atom stereocenters. The number of rotatable bonds is 5. The van der Waals surface area contributed by atoms with Crippen LogP contribution in [0.5, 0.6) is 11.5 Å². The Labute approximate surface area is 117 Å². The third kappa shape index (κ3) is 3.29. The van der Waals surface area contributed by atoms with Crippen molar-refractivity contribution >= 4 is 5.97 Å². The Kier molecular flexibility index (Phi) is 4.25. The molecule has 0 bridgehead atoms. The van der Waals surface area contributed by atoms with E-state index in [1.807, 2.05) is 24.3 Å². The summed E-state index contributed by atoms with van der Waals surface area (Å²) >= 11 is 0. The van der Waals surface area contributed by atoms with E-state index >= 15 is 0 Å². The van der Waals surface area contributed by atoms with Gasteiger partial charge in [-0.25, -0.2) is 4.79 Å². The van der Waals surface area contributed by atoms with Crippen LogP contribution in [-0.2, 0) is 6.61 Å². The van der Waals surface area contributed by atoms with Crippen molar-refractivity contribution in [1.29, 1.82) is 0 Å². The first kappa shape index (κ1) is 13.9. The normalized spacial score (nSPS) is 10.1. The Balaban J connectivity index is 2.07. The Hall–Kier alpha value is -2.49. The van der Waals surface area contributed by atoms with Gasteiger partial charge >= 0.3 is 5.97 Å². The van der Waals surface area contributed by atoms with E-state index < -0.39 is 5.97 Å².